The van der Waals surface area contributed by atoms with Gasteiger partial charge in [0.25, 0.3) is 11.8 Å². The Morgan fingerprint density at radius 1 is 1.13 bits per heavy atom. The number of ether oxygens (including phenoxy) is 4. The maximum absolute atomic E-state index is 14.9. The Morgan fingerprint density at radius 2 is 1.79 bits per heavy atom. The maximum atomic E-state index is 14.9. The number of benzene rings is 2. The van der Waals surface area contributed by atoms with Crippen molar-refractivity contribution >= 4 is 17.6 Å². The van der Waals surface area contributed by atoms with Crippen molar-refractivity contribution in [3.05, 3.63) is 73.8 Å². The van der Waals surface area contributed by atoms with Crippen molar-refractivity contribution < 1.29 is 41.3 Å². The Hall–Kier alpha value is -3.84. The smallest absolute Gasteiger partial charge is 0.432 e. The van der Waals surface area contributed by atoms with E-state index in [1.54, 1.807) is 11.9 Å². The van der Waals surface area contributed by atoms with Gasteiger partial charge in [-0.05, 0) is 30.7 Å². The van der Waals surface area contributed by atoms with Gasteiger partial charge in [0.1, 0.15) is 17.3 Å². The average molecular weight is 561 g/mol. The molecule has 0 spiro atoms. The first-order valence-corrected chi connectivity index (χ1v) is 11.3. The van der Waals surface area contributed by atoms with Gasteiger partial charge in [0.15, 0.2) is 11.5 Å². The minimum atomic E-state index is -5.19. The van der Waals surface area contributed by atoms with Crippen molar-refractivity contribution in [3.63, 3.8) is 0 Å². The maximum Gasteiger partial charge on any atom is 0.432 e. The summed E-state index contributed by atoms with van der Waals surface area (Å²) < 4.78 is 77.7. The van der Waals surface area contributed by atoms with E-state index in [1.807, 2.05) is 0 Å². The minimum absolute atomic E-state index is 0.0503. The quantitative estimate of drug-likeness (QED) is 0.230. The number of nitrogens with one attached hydrogen (secondary N) is 1. The van der Waals surface area contributed by atoms with E-state index in [9.17, 15) is 31.9 Å². The molecule has 1 atom stereocenters. The molecule has 0 aliphatic heterocycles. The number of hydrogen-bond donors (Lipinski definition) is 1. The second kappa shape index (κ2) is 11.7. The highest BCUT2D eigenvalue weighted by atomic mass is 35.5. The molecule has 1 heterocycles. The molecule has 9 nitrogen and oxygen atoms in total. The van der Waals surface area contributed by atoms with Gasteiger partial charge in [-0.15, -0.1) is 0 Å². The van der Waals surface area contributed by atoms with Gasteiger partial charge in [0.2, 0.25) is 0 Å². The van der Waals surface area contributed by atoms with Gasteiger partial charge >= 0.3 is 17.8 Å². The fraction of sp³-hybridized carbons (Fsp3) is 0.292. The van der Waals surface area contributed by atoms with Crippen LogP contribution in [0, 0.1) is 5.82 Å². The third-order valence-electron chi connectivity index (χ3n) is 5.04. The van der Waals surface area contributed by atoms with Gasteiger partial charge in [-0.1, -0.05) is 30.7 Å². The Bertz CT molecular complexity index is 1450. The highest BCUT2D eigenvalue weighted by molar-refractivity contribution is 6.32. The molecule has 1 unspecified atom stereocenters. The van der Waals surface area contributed by atoms with E-state index in [4.69, 9.17) is 30.5 Å². The minimum Gasteiger partial charge on any atom is -0.461 e. The summed E-state index contributed by atoms with van der Waals surface area (Å²) in [7, 11) is 1.98. The van der Waals surface area contributed by atoms with Crippen LogP contribution in [-0.4, -0.2) is 35.5 Å². The molecule has 14 heteroatoms. The van der Waals surface area contributed by atoms with Crippen molar-refractivity contribution in [1.82, 2.24) is 9.55 Å². The Labute approximate surface area is 217 Å². The SMILES string of the molecule is CCCOC(=O)C(OC)Oc1ccccc1Oc1cc(-c2c(C(F)(F)F)n(C)c(=O)[nH]c2=O)c(F)cc1Cl. The molecule has 2 aromatic carbocycles. The molecule has 3 rings (SSSR count). The molecule has 1 aromatic heterocycles. The van der Waals surface area contributed by atoms with E-state index in [0.717, 1.165) is 13.1 Å². The summed E-state index contributed by atoms with van der Waals surface area (Å²) in [5.41, 5.74) is -6.46. The molecule has 204 valence electrons. The molecule has 0 aliphatic carbocycles. The van der Waals surface area contributed by atoms with Gasteiger partial charge in [0.05, 0.1) is 17.2 Å². The summed E-state index contributed by atoms with van der Waals surface area (Å²) in [6.07, 6.45) is -6.11. The van der Waals surface area contributed by atoms with Gasteiger partial charge in [-0.2, -0.15) is 13.2 Å². The topological polar surface area (TPSA) is 109 Å². The number of halogens is 5. The second-order valence-corrected chi connectivity index (χ2v) is 8.11. The predicted octanol–water partition coefficient (Wildman–Crippen LogP) is 4.65. The first-order valence-electron chi connectivity index (χ1n) is 10.9. The predicted molar refractivity (Wildman–Crippen MR) is 127 cm³/mol. The zero-order chi connectivity index (χ0) is 28.2. The normalized spacial score (nSPS) is 12.2. The molecule has 3 aromatic rings. The number of aromatic amines is 1. The summed E-state index contributed by atoms with van der Waals surface area (Å²) in [6, 6.07) is 7.24. The molecule has 0 saturated carbocycles. The van der Waals surface area contributed by atoms with Crippen LogP contribution >= 0.6 is 11.6 Å². The molecular formula is C24H21ClF4N2O7. The van der Waals surface area contributed by atoms with Gasteiger partial charge in [-0.25, -0.2) is 14.0 Å². The number of hydrogen-bond acceptors (Lipinski definition) is 7. The number of para-hydroxylation sites is 2. The van der Waals surface area contributed by atoms with Crippen molar-refractivity contribution in [2.75, 3.05) is 13.7 Å². The Kier molecular flexibility index (Phi) is 8.84. The molecule has 0 bridgehead atoms. The zero-order valence-electron chi connectivity index (χ0n) is 20.2. The molecule has 0 amide bonds. The number of carbonyl (C=O) groups is 1. The van der Waals surface area contributed by atoms with E-state index < -0.39 is 52.3 Å². The lowest BCUT2D eigenvalue weighted by Crippen LogP contribution is -2.35. The molecule has 1 N–H and O–H groups in total. The van der Waals surface area contributed by atoms with Crippen molar-refractivity contribution in [2.45, 2.75) is 25.8 Å². The van der Waals surface area contributed by atoms with Gasteiger partial charge in [0, 0.05) is 19.7 Å². The lowest BCUT2D eigenvalue weighted by Gasteiger charge is -2.19. The first kappa shape index (κ1) is 28.7. The molecular weight excluding hydrogens is 540 g/mol. The van der Waals surface area contributed by atoms with E-state index in [1.165, 1.54) is 31.4 Å². The fourth-order valence-electron chi connectivity index (χ4n) is 3.33. The van der Waals surface area contributed by atoms with E-state index in [-0.39, 0.29) is 33.4 Å². The van der Waals surface area contributed by atoms with E-state index in [2.05, 4.69) is 0 Å². The number of carbonyl (C=O) groups excluding carboxylic acids is 1. The number of methoxy groups -OCH3 is 1. The van der Waals surface area contributed by atoms with Gasteiger partial charge in [-0.3, -0.25) is 14.3 Å². The van der Waals surface area contributed by atoms with Crippen LogP contribution in [0.3, 0.4) is 0 Å². The lowest BCUT2D eigenvalue weighted by atomic mass is 10.0. The molecule has 38 heavy (non-hydrogen) atoms. The summed E-state index contributed by atoms with van der Waals surface area (Å²) in [6.45, 7) is 1.92. The third kappa shape index (κ3) is 6.17. The van der Waals surface area contributed by atoms with E-state index >= 15 is 0 Å². The number of alkyl halides is 3. The number of rotatable bonds is 9. The van der Waals surface area contributed by atoms with Crippen molar-refractivity contribution in [1.29, 1.82) is 0 Å². The van der Waals surface area contributed by atoms with Crippen LogP contribution in [0.4, 0.5) is 17.6 Å². The third-order valence-corrected chi connectivity index (χ3v) is 5.34. The summed E-state index contributed by atoms with van der Waals surface area (Å²) >= 11 is 6.09. The second-order valence-electron chi connectivity index (χ2n) is 7.70. The summed E-state index contributed by atoms with van der Waals surface area (Å²) in [5.74, 6) is -2.59. The largest absolute Gasteiger partial charge is 0.461 e. The fourth-order valence-corrected chi connectivity index (χ4v) is 3.52. The van der Waals surface area contributed by atoms with Crippen LogP contribution in [-0.2, 0) is 27.5 Å². The zero-order valence-corrected chi connectivity index (χ0v) is 20.9. The molecule has 0 saturated heterocycles. The van der Waals surface area contributed by atoms with E-state index in [0.29, 0.717) is 12.5 Å². The highest BCUT2D eigenvalue weighted by Gasteiger charge is 2.39. The van der Waals surface area contributed by atoms with Gasteiger partial charge < -0.3 is 18.9 Å². The average Bonchev–Trinajstić information content (AvgIpc) is 2.85. The number of H-pyrrole nitrogens is 1. The van der Waals surface area contributed by atoms with Crippen LogP contribution in [0.15, 0.2) is 46.0 Å². The van der Waals surface area contributed by atoms with Crippen molar-refractivity contribution in [3.8, 4) is 28.4 Å². The molecule has 0 radical (unpaired) electrons. The lowest BCUT2D eigenvalue weighted by molar-refractivity contribution is -0.173. The number of aromatic nitrogens is 2. The van der Waals surface area contributed by atoms with Crippen LogP contribution in [0.5, 0.6) is 17.2 Å². The number of esters is 1. The Morgan fingerprint density at radius 3 is 2.39 bits per heavy atom. The van der Waals surface area contributed by atoms with Crippen LogP contribution in [0.1, 0.15) is 19.0 Å². The monoisotopic (exact) mass is 560 g/mol. The van der Waals surface area contributed by atoms with Crippen molar-refractivity contribution in [2.24, 2.45) is 7.05 Å². The summed E-state index contributed by atoms with van der Waals surface area (Å²) in [4.78, 5) is 38.1. The molecule has 0 fully saturated rings. The number of nitrogens with zero attached hydrogens (tertiary/aromatic N) is 1. The van der Waals surface area contributed by atoms with Crippen LogP contribution in [0.25, 0.3) is 11.1 Å². The Balaban J connectivity index is 2.08. The van der Waals surface area contributed by atoms with Crippen LogP contribution < -0.4 is 20.7 Å². The standard InChI is InChI=1S/C24H21ClF4N2O7/c1-4-9-36-21(33)22(35-3)38-16-8-6-5-7-15(16)37-17-10-12(14(26)11-13(17)25)18-19(24(27,28)29)31(2)23(34)30-20(18)32/h5-8,10-11,22H,4,9H2,1-3H3,(H,30,32,34). The first-order chi connectivity index (χ1) is 17.9. The highest BCUT2D eigenvalue weighted by Crippen LogP contribution is 2.41. The van der Waals surface area contributed by atoms with Crippen LogP contribution in [0.2, 0.25) is 5.02 Å². The molecule has 0 aliphatic rings. The summed E-state index contributed by atoms with van der Waals surface area (Å²) in [5, 5.41) is -0.360.